The number of rotatable bonds is 8. The van der Waals surface area contributed by atoms with Gasteiger partial charge in [0.2, 0.25) is 11.8 Å². The van der Waals surface area contributed by atoms with Gasteiger partial charge < -0.3 is 31.1 Å². The number of carbonyl (C=O) groups is 4. The predicted octanol–water partition coefficient (Wildman–Crippen LogP) is 5.09. The number of halogens is 7. The number of alkyl halides is 6. The maximum Gasteiger partial charge on any atom is 0.490 e. The van der Waals surface area contributed by atoms with E-state index in [9.17, 15) is 35.9 Å². The Hall–Kier alpha value is -4.38. The van der Waals surface area contributed by atoms with Crippen LogP contribution in [0.15, 0.2) is 42.7 Å². The van der Waals surface area contributed by atoms with Crippen LogP contribution < -0.4 is 16.0 Å². The molecule has 1 aliphatic carbocycles. The predicted molar refractivity (Wildman–Crippen MR) is 165 cm³/mol. The molecular formula is C31H34ClF6N5O6. The molecule has 0 radical (unpaired) electrons. The zero-order chi connectivity index (χ0) is 36.5. The second-order valence-electron chi connectivity index (χ2n) is 11.6. The van der Waals surface area contributed by atoms with Gasteiger partial charge in [-0.3, -0.25) is 9.59 Å². The summed E-state index contributed by atoms with van der Waals surface area (Å²) in [5.41, 5.74) is 4.33. The summed E-state index contributed by atoms with van der Waals surface area (Å²) in [6.45, 7) is 2.82. The Bertz CT molecular complexity index is 1590. The molecule has 18 heteroatoms. The van der Waals surface area contributed by atoms with Crippen molar-refractivity contribution >= 4 is 46.4 Å². The standard InChI is InChI=1S/C27H32ClN5O2.2C2HF3O2/c1-16(26(34)32-14-19-10-22-23(28)15-31-25(22)30-13-19)33-27(35)24-11-18(12-29-24)9-17-5-7-21(8-6-17)20-3-2-4-20;2*3-2(4,5)1(6)7/h5-8,10,13,15-16,18,20,24,29H,2-4,9,11-12,14H2,1H3,(H,30,31)(H,32,34)(H,33,35);2*(H,6,7)/t16-,18-,24+;;/m0../s1. The molecular weight excluding hydrogens is 688 g/mol. The van der Waals surface area contributed by atoms with Crippen molar-refractivity contribution < 1.29 is 55.7 Å². The van der Waals surface area contributed by atoms with Gasteiger partial charge in [0.25, 0.3) is 0 Å². The number of carboxylic acid groups (broad SMARTS) is 2. The van der Waals surface area contributed by atoms with Crippen molar-refractivity contribution in [3.05, 3.63) is 64.4 Å². The Kier molecular flexibility index (Phi) is 13.4. The van der Waals surface area contributed by atoms with Gasteiger partial charge in [0, 0.05) is 24.3 Å². The number of fused-ring (bicyclic) bond motifs is 1. The molecule has 0 bridgehead atoms. The summed E-state index contributed by atoms with van der Waals surface area (Å²) in [6.07, 6.45) is -1.08. The number of aliphatic carboxylic acids is 2. The fraction of sp³-hybridized carbons (Fsp3) is 0.452. The number of amides is 2. The molecule has 0 unspecified atom stereocenters. The molecule has 2 amide bonds. The van der Waals surface area contributed by atoms with Crippen LogP contribution in [0.2, 0.25) is 5.02 Å². The van der Waals surface area contributed by atoms with E-state index in [0.717, 1.165) is 36.3 Å². The van der Waals surface area contributed by atoms with Gasteiger partial charge in [0.15, 0.2) is 0 Å². The highest BCUT2D eigenvalue weighted by molar-refractivity contribution is 6.35. The quantitative estimate of drug-likeness (QED) is 0.175. The smallest absolute Gasteiger partial charge is 0.475 e. The lowest BCUT2D eigenvalue weighted by molar-refractivity contribution is -0.193. The van der Waals surface area contributed by atoms with Crippen LogP contribution in [0.1, 0.15) is 55.2 Å². The van der Waals surface area contributed by atoms with Crippen molar-refractivity contribution in [1.29, 1.82) is 0 Å². The van der Waals surface area contributed by atoms with Gasteiger partial charge in [-0.25, -0.2) is 14.6 Å². The molecule has 1 aromatic carbocycles. The average Bonchev–Trinajstić information content (AvgIpc) is 3.62. The number of hydrogen-bond acceptors (Lipinski definition) is 6. The highest BCUT2D eigenvalue weighted by atomic mass is 35.5. The summed E-state index contributed by atoms with van der Waals surface area (Å²) >= 11 is 6.15. The van der Waals surface area contributed by atoms with Crippen LogP contribution in [0.3, 0.4) is 0 Å². The van der Waals surface area contributed by atoms with E-state index in [1.54, 1.807) is 19.3 Å². The van der Waals surface area contributed by atoms with Crippen LogP contribution in [0.5, 0.6) is 0 Å². The molecule has 2 aromatic heterocycles. The third kappa shape index (κ3) is 11.9. The third-order valence-electron chi connectivity index (χ3n) is 7.86. The monoisotopic (exact) mass is 721 g/mol. The molecule has 49 heavy (non-hydrogen) atoms. The van der Waals surface area contributed by atoms with Gasteiger partial charge in [-0.2, -0.15) is 26.3 Å². The summed E-state index contributed by atoms with van der Waals surface area (Å²) in [5, 5.41) is 24.7. The number of benzene rings is 1. The summed E-state index contributed by atoms with van der Waals surface area (Å²) in [4.78, 5) is 50.4. The molecule has 5 rings (SSSR count). The van der Waals surface area contributed by atoms with Crippen LogP contribution in [0, 0.1) is 5.92 Å². The minimum absolute atomic E-state index is 0.127. The maximum absolute atomic E-state index is 12.8. The van der Waals surface area contributed by atoms with E-state index in [-0.39, 0.29) is 17.9 Å². The molecule has 0 spiro atoms. The number of aromatic nitrogens is 2. The van der Waals surface area contributed by atoms with Gasteiger partial charge in [0.1, 0.15) is 11.7 Å². The summed E-state index contributed by atoms with van der Waals surface area (Å²) in [6, 6.07) is 10.0. The third-order valence-corrected chi connectivity index (χ3v) is 8.17. The molecule has 1 aliphatic heterocycles. The molecule has 1 saturated heterocycles. The van der Waals surface area contributed by atoms with E-state index in [4.69, 9.17) is 31.4 Å². The molecule has 11 nitrogen and oxygen atoms in total. The van der Waals surface area contributed by atoms with Crippen molar-refractivity contribution in [3.63, 3.8) is 0 Å². The molecule has 3 atom stereocenters. The van der Waals surface area contributed by atoms with Gasteiger partial charge >= 0.3 is 24.3 Å². The van der Waals surface area contributed by atoms with E-state index in [0.29, 0.717) is 23.1 Å². The van der Waals surface area contributed by atoms with E-state index >= 15 is 0 Å². The number of H-pyrrole nitrogens is 1. The second-order valence-corrected chi connectivity index (χ2v) is 12.0. The van der Waals surface area contributed by atoms with Crippen molar-refractivity contribution in [2.45, 2.75) is 75.9 Å². The number of hydrogen-bond donors (Lipinski definition) is 6. The first-order valence-electron chi connectivity index (χ1n) is 15.0. The van der Waals surface area contributed by atoms with Gasteiger partial charge in [-0.15, -0.1) is 0 Å². The average molecular weight is 722 g/mol. The number of nitrogens with zero attached hydrogens (tertiary/aromatic N) is 1. The zero-order valence-corrected chi connectivity index (χ0v) is 26.7. The highest BCUT2D eigenvalue weighted by Gasteiger charge is 2.39. The number of carbonyl (C=O) groups excluding carboxylic acids is 2. The maximum atomic E-state index is 12.8. The van der Waals surface area contributed by atoms with Crippen LogP contribution in [-0.4, -0.2) is 74.9 Å². The summed E-state index contributed by atoms with van der Waals surface area (Å²) in [7, 11) is 0. The Morgan fingerprint density at radius 2 is 1.59 bits per heavy atom. The first-order valence-corrected chi connectivity index (χ1v) is 15.3. The minimum Gasteiger partial charge on any atom is -0.475 e. The lowest BCUT2D eigenvalue weighted by Gasteiger charge is -2.25. The first-order chi connectivity index (χ1) is 22.8. The van der Waals surface area contributed by atoms with E-state index in [2.05, 4.69) is 50.2 Å². The molecule has 3 heterocycles. The highest BCUT2D eigenvalue weighted by Crippen LogP contribution is 2.36. The van der Waals surface area contributed by atoms with Crippen LogP contribution in [0.4, 0.5) is 26.3 Å². The Morgan fingerprint density at radius 1 is 1.00 bits per heavy atom. The fourth-order valence-corrected chi connectivity index (χ4v) is 5.20. The lowest BCUT2D eigenvalue weighted by Crippen LogP contribution is -2.49. The summed E-state index contributed by atoms with van der Waals surface area (Å²) < 4.78 is 63.5. The molecule has 2 fully saturated rings. The Labute approximate surface area is 280 Å². The first kappa shape index (κ1) is 39.1. The fourth-order valence-electron chi connectivity index (χ4n) is 5.00. The van der Waals surface area contributed by atoms with Crippen molar-refractivity contribution in [2.24, 2.45) is 5.92 Å². The molecule has 6 N–H and O–H groups in total. The van der Waals surface area contributed by atoms with E-state index < -0.39 is 30.3 Å². The number of aromatic amines is 1. The van der Waals surface area contributed by atoms with E-state index in [1.165, 1.54) is 30.4 Å². The van der Waals surface area contributed by atoms with Crippen LogP contribution in [-0.2, 0) is 32.1 Å². The SMILES string of the molecule is C[C@H](NC(=O)[C@H]1C[C@H](Cc2ccc(C3CCC3)cc2)CN1)C(=O)NCc1cnc2[nH]cc(Cl)c2c1.O=C(O)C(F)(F)F.O=C(O)C(F)(F)F. The van der Waals surface area contributed by atoms with Crippen molar-refractivity contribution in [3.8, 4) is 0 Å². The molecule has 3 aromatic rings. The topological polar surface area (TPSA) is 174 Å². The van der Waals surface area contributed by atoms with Gasteiger partial charge in [-0.1, -0.05) is 42.3 Å². The molecule has 268 valence electrons. The largest absolute Gasteiger partial charge is 0.490 e. The van der Waals surface area contributed by atoms with E-state index in [1.807, 2.05) is 6.07 Å². The van der Waals surface area contributed by atoms with Crippen LogP contribution in [0.25, 0.3) is 11.0 Å². The van der Waals surface area contributed by atoms with Crippen molar-refractivity contribution in [1.82, 2.24) is 25.9 Å². The zero-order valence-electron chi connectivity index (χ0n) is 25.9. The number of pyridine rings is 1. The normalized spacial score (nSPS) is 18.2. The number of carboxylic acids is 2. The van der Waals surface area contributed by atoms with Crippen LogP contribution >= 0.6 is 11.6 Å². The summed E-state index contributed by atoms with van der Waals surface area (Å²) in [5.74, 6) is -4.72. The minimum atomic E-state index is -5.08. The Balaban J connectivity index is 0.000000392. The van der Waals surface area contributed by atoms with Gasteiger partial charge in [-0.05, 0) is 73.7 Å². The van der Waals surface area contributed by atoms with Crippen molar-refractivity contribution in [2.75, 3.05) is 6.54 Å². The second kappa shape index (κ2) is 16.8. The Morgan fingerprint density at radius 3 is 2.12 bits per heavy atom. The van der Waals surface area contributed by atoms with Gasteiger partial charge in [0.05, 0.1) is 11.1 Å². The lowest BCUT2D eigenvalue weighted by atomic mass is 9.80. The molecule has 2 aliphatic rings. The molecule has 1 saturated carbocycles. The number of nitrogens with one attached hydrogen (secondary N) is 4.